The van der Waals surface area contributed by atoms with Crippen molar-refractivity contribution in [2.75, 3.05) is 5.32 Å². The van der Waals surface area contributed by atoms with Gasteiger partial charge in [0.1, 0.15) is 0 Å². The molecular formula is C14H12F2N2O. The van der Waals surface area contributed by atoms with Crippen molar-refractivity contribution in [3.63, 3.8) is 0 Å². The Bertz CT molecular complexity index is 641. The number of aromatic nitrogens is 1. The molecule has 0 saturated carbocycles. The Kier molecular flexibility index (Phi) is 3.55. The van der Waals surface area contributed by atoms with E-state index in [0.29, 0.717) is 5.56 Å². The lowest BCUT2D eigenvalue weighted by molar-refractivity contribution is 0.102. The number of amides is 1. The number of hydrogen-bond donors (Lipinski definition) is 1. The molecule has 0 aliphatic carbocycles. The number of carbonyl (C=O) groups is 1. The van der Waals surface area contributed by atoms with Gasteiger partial charge in [0.05, 0.1) is 5.69 Å². The summed E-state index contributed by atoms with van der Waals surface area (Å²) in [7, 11) is 0. The molecule has 2 aromatic rings. The van der Waals surface area contributed by atoms with Crippen LogP contribution in [0.25, 0.3) is 0 Å². The molecule has 0 saturated heterocycles. The minimum absolute atomic E-state index is 0.148. The molecule has 0 bridgehead atoms. The molecule has 2 rings (SSSR count). The summed E-state index contributed by atoms with van der Waals surface area (Å²) < 4.78 is 25.9. The Hall–Kier alpha value is -2.30. The first-order chi connectivity index (χ1) is 8.97. The first kappa shape index (κ1) is 13.1. The lowest BCUT2D eigenvalue weighted by Gasteiger charge is -2.07. The third-order valence-electron chi connectivity index (χ3n) is 2.83. The van der Waals surface area contributed by atoms with Crippen LogP contribution in [0.4, 0.5) is 14.5 Å². The highest BCUT2D eigenvalue weighted by molar-refractivity contribution is 6.04. The van der Waals surface area contributed by atoms with Gasteiger partial charge < -0.3 is 5.32 Å². The first-order valence-corrected chi connectivity index (χ1v) is 5.68. The van der Waals surface area contributed by atoms with Crippen molar-refractivity contribution < 1.29 is 13.6 Å². The van der Waals surface area contributed by atoms with E-state index in [4.69, 9.17) is 0 Å². The second-order valence-corrected chi connectivity index (χ2v) is 4.23. The molecule has 98 valence electrons. The van der Waals surface area contributed by atoms with Gasteiger partial charge >= 0.3 is 0 Å². The van der Waals surface area contributed by atoms with Crippen LogP contribution in [0.3, 0.4) is 0 Å². The van der Waals surface area contributed by atoms with Gasteiger partial charge in [-0.3, -0.25) is 4.79 Å². The zero-order valence-electron chi connectivity index (χ0n) is 10.5. The third-order valence-corrected chi connectivity index (χ3v) is 2.83. The molecule has 5 heteroatoms. The van der Waals surface area contributed by atoms with Crippen molar-refractivity contribution in [1.29, 1.82) is 0 Å². The van der Waals surface area contributed by atoms with E-state index in [1.807, 2.05) is 19.9 Å². The largest absolute Gasteiger partial charge is 0.318 e. The van der Waals surface area contributed by atoms with Crippen LogP contribution in [-0.2, 0) is 0 Å². The Balaban J connectivity index is 2.23. The molecule has 0 aliphatic heterocycles. The van der Waals surface area contributed by atoms with Gasteiger partial charge in [-0.2, -0.15) is 13.8 Å². The average molecular weight is 262 g/mol. The summed E-state index contributed by atoms with van der Waals surface area (Å²) in [5.74, 6) is -2.44. The molecule has 1 amide bonds. The van der Waals surface area contributed by atoms with Crippen molar-refractivity contribution >= 4 is 11.6 Å². The van der Waals surface area contributed by atoms with Gasteiger partial charge in [-0.25, -0.2) is 0 Å². The van der Waals surface area contributed by atoms with Crippen molar-refractivity contribution in [3.05, 3.63) is 58.9 Å². The fourth-order valence-corrected chi connectivity index (χ4v) is 1.58. The first-order valence-electron chi connectivity index (χ1n) is 5.68. The predicted octanol–water partition coefficient (Wildman–Crippen LogP) is 3.23. The predicted molar refractivity (Wildman–Crippen MR) is 68.0 cm³/mol. The lowest BCUT2D eigenvalue weighted by Crippen LogP contribution is -2.14. The van der Waals surface area contributed by atoms with E-state index in [1.165, 1.54) is 0 Å². The summed E-state index contributed by atoms with van der Waals surface area (Å²) in [6, 6.07) is 7.28. The molecule has 0 unspecified atom stereocenters. The Labute approximate surface area is 109 Å². The fraction of sp³-hybridized carbons (Fsp3) is 0.143. The number of nitrogens with zero attached hydrogens (tertiary/aromatic N) is 1. The van der Waals surface area contributed by atoms with Crippen LogP contribution in [0.5, 0.6) is 0 Å². The number of pyridine rings is 1. The van der Waals surface area contributed by atoms with Gasteiger partial charge in [-0.05, 0) is 49.2 Å². The number of rotatable bonds is 2. The van der Waals surface area contributed by atoms with E-state index in [1.54, 1.807) is 12.1 Å². The second kappa shape index (κ2) is 5.14. The van der Waals surface area contributed by atoms with E-state index in [-0.39, 0.29) is 5.69 Å². The van der Waals surface area contributed by atoms with Crippen LogP contribution in [0.15, 0.2) is 30.3 Å². The van der Waals surface area contributed by atoms with Gasteiger partial charge in [0.2, 0.25) is 11.9 Å². The Morgan fingerprint density at radius 3 is 2.47 bits per heavy atom. The van der Waals surface area contributed by atoms with E-state index in [0.717, 1.165) is 23.3 Å². The van der Waals surface area contributed by atoms with Crippen LogP contribution < -0.4 is 5.32 Å². The maximum atomic E-state index is 13.3. The molecule has 1 aromatic heterocycles. The maximum absolute atomic E-state index is 13.3. The Morgan fingerprint density at radius 2 is 1.84 bits per heavy atom. The Morgan fingerprint density at radius 1 is 1.11 bits per heavy atom. The lowest BCUT2D eigenvalue weighted by atomic mass is 10.1. The van der Waals surface area contributed by atoms with Crippen LogP contribution >= 0.6 is 0 Å². The third kappa shape index (κ3) is 2.93. The highest BCUT2D eigenvalue weighted by Crippen LogP contribution is 2.15. The number of anilines is 1. The summed E-state index contributed by atoms with van der Waals surface area (Å²) in [5, 5.41) is 2.36. The molecule has 1 N–H and O–H groups in total. The van der Waals surface area contributed by atoms with E-state index in [9.17, 15) is 13.6 Å². The number of aryl methyl sites for hydroxylation is 2. The van der Waals surface area contributed by atoms with E-state index < -0.39 is 17.8 Å². The molecule has 3 nitrogen and oxygen atoms in total. The molecule has 1 aromatic carbocycles. The number of hydrogen-bond acceptors (Lipinski definition) is 2. The van der Waals surface area contributed by atoms with Gasteiger partial charge in [-0.15, -0.1) is 0 Å². The quantitative estimate of drug-likeness (QED) is 0.844. The second-order valence-electron chi connectivity index (χ2n) is 4.23. The summed E-state index contributed by atoms with van der Waals surface area (Å²) in [5.41, 5.74) is 2.29. The number of nitrogens with one attached hydrogen (secondary N) is 1. The van der Waals surface area contributed by atoms with E-state index >= 15 is 0 Å². The minimum atomic E-state index is -1.04. The minimum Gasteiger partial charge on any atom is -0.318 e. The van der Waals surface area contributed by atoms with Gasteiger partial charge in [-0.1, -0.05) is 6.07 Å². The summed E-state index contributed by atoms with van der Waals surface area (Å²) in [6.07, 6.45) is 0. The monoisotopic (exact) mass is 262 g/mol. The topological polar surface area (TPSA) is 42.0 Å². The number of halogens is 2. The molecule has 0 atom stereocenters. The molecule has 0 aliphatic rings. The molecule has 0 fully saturated rings. The van der Waals surface area contributed by atoms with Crippen LogP contribution in [0, 0.1) is 25.7 Å². The summed E-state index contributed by atoms with van der Waals surface area (Å²) in [4.78, 5) is 14.9. The summed E-state index contributed by atoms with van der Waals surface area (Å²) in [6.45, 7) is 3.81. The molecular weight excluding hydrogens is 250 g/mol. The van der Waals surface area contributed by atoms with Crippen molar-refractivity contribution in [2.24, 2.45) is 0 Å². The number of carbonyl (C=O) groups excluding carboxylic acids is 1. The average Bonchev–Trinajstić information content (AvgIpc) is 2.36. The molecule has 1 heterocycles. The van der Waals surface area contributed by atoms with Crippen LogP contribution in [-0.4, -0.2) is 10.9 Å². The van der Waals surface area contributed by atoms with E-state index in [2.05, 4.69) is 10.3 Å². The molecule has 19 heavy (non-hydrogen) atoms. The van der Waals surface area contributed by atoms with Gasteiger partial charge in [0, 0.05) is 5.56 Å². The fourth-order valence-electron chi connectivity index (χ4n) is 1.58. The standard InChI is InChI=1S/C14H12F2N2O/c1-8-3-4-10(7-9(8)2)14(19)17-11-5-6-12(15)18-13(11)16/h3-7H,1-2H3,(H,17,19). The highest BCUT2D eigenvalue weighted by atomic mass is 19.1. The van der Waals surface area contributed by atoms with Crippen LogP contribution in [0.1, 0.15) is 21.5 Å². The highest BCUT2D eigenvalue weighted by Gasteiger charge is 2.11. The normalized spacial score (nSPS) is 10.3. The van der Waals surface area contributed by atoms with Gasteiger partial charge in [0.15, 0.2) is 0 Å². The zero-order valence-corrected chi connectivity index (χ0v) is 10.5. The van der Waals surface area contributed by atoms with Crippen LogP contribution in [0.2, 0.25) is 0 Å². The molecule has 0 spiro atoms. The maximum Gasteiger partial charge on any atom is 0.255 e. The SMILES string of the molecule is Cc1ccc(C(=O)Nc2ccc(F)nc2F)cc1C. The number of benzene rings is 1. The molecule has 0 radical (unpaired) electrons. The van der Waals surface area contributed by atoms with Crippen molar-refractivity contribution in [2.45, 2.75) is 13.8 Å². The van der Waals surface area contributed by atoms with Crippen molar-refractivity contribution in [1.82, 2.24) is 4.98 Å². The zero-order chi connectivity index (χ0) is 14.0. The van der Waals surface area contributed by atoms with Gasteiger partial charge in [0.25, 0.3) is 5.91 Å². The smallest absolute Gasteiger partial charge is 0.255 e. The van der Waals surface area contributed by atoms with Crippen molar-refractivity contribution in [3.8, 4) is 0 Å². The summed E-state index contributed by atoms with van der Waals surface area (Å²) >= 11 is 0.